The van der Waals surface area contributed by atoms with Crippen LogP contribution >= 0.6 is 0 Å². The number of nitrogens with one attached hydrogen (secondary N) is 3. The lowest BCUT2D eigenvalue weighted by Gasteiger charge is -2.10. The highest BCUT2D eigenvalue weighted by molar-refractivity contribution is 7.92. The third-order valence-corrected chi connectivity index (χ3v) is 5.39. The standard InChI is InChI=1S/C17H12F2N6O4S/c1-29-8-4-9-10(6-21-16(9)20-5-8)15(26)13-11(18)2-3-12(14(13)19)25-30(27,28)17-22-7-23-24-17/h2-7,25H,1H3,(H,20,21)(H,22,23,24). The van der Waals surface area contributed by atoms with E-state index in [1.807, 2.05) is 4.72 Å². The fourth-order valence-corrected chi connectivity index (χ4v) is 3.68. The van der Waals surface area contributed by atoms with Crippen LogP contribution in [0.15, 0.2) is 42.1 Å². The number of hydrogen-bond donors (Lipinski definition) is 3. The number of hydrogen-bond acceptors (Lipinski definition) is 7. The summed E-state index contributed by atoms with van der Waals surface area (Å²) in [5, 5.41) is 5.24. The molecule has 0 fully saturated rings. The Kier molecular flexibility index (Phi) is 4.66. The van der Waals surface area contributed by atoms with E-state index >= 15 is 4.39 Å². The molecule has 13 heteroatoms. The molecule has 3 aromatic heterocycles. The van der Waals surface area contributed by atoms with E-state index in [1.165, 1.54) is 25.6 Å². The Balaban J connectivity index is 1.78. The van der Waals surface area contributed by atoms with E-state index in [1.54, 1.807) is 0 Å². The average molecular weight is 434 g/mol. The molecule has 30 heavy (non-hydrogen) atoms. The minimum atomic E-state index is -4.33. The summed E-state index contributed by atoms with van der Waals surface area (Å²) in [4.78, 5) is 23.2. The predicted octanol–water partition coefficient (Wildman–Crippen LogP) is 2.00. The number of benzene rings is 1. The van der Waals surface area contributed by atoms with Gasteiger partial charge in [-0.2, -0.15) is 13.5 Å². The topological polar surface area (TPSA) is 143 Å². The maximum absolute atomic E-state index is 15.0. The number of ketones is 1. The van der Waals surface area contributed by atoms with E-state index in [9.17, 15) is 17.6 Å². The predicted molar refractivity (Wildman–Crippen MR) is 99.6 cm³/mol. The van der Waals surface area contributed by atoms with E-state index in [-0.39, 0.29) is 10.9 Å². The van der Waals surface area contributed by atoms with Gasteiger partial charge < -0.3 is 9.72 Å². The highest BCUT2D eigenvalue weighted by Gasteiger charge is 2.27. The lowest BCUT2D eigenvalue weighted by atomic mass is 10.0. The minimum Gasteiger partial charge on any atom is -0.495 e. The molecule has 0 amide bonds. The van der Waals surface area contributed by atoms with Crippen LogP contribution in [0.25, 0.3) is 11.0 Å². The smallest absolute Gasteiger partial charge is 0.297 e. The van der Waals surface area contributed by atoms with Crippen molar-refractivity contribution in [3.63, 3.8) is 0 Å². The number of aromatic nitrogens is 5. The number of anilines is 1. The molecule has 1 aromatic carbocycles. The van der Waals surface area contributed by atoms with Gasteiger partial charge in [0, 0.05) is 17.1 Å². The number of methoxy groups -OCH3 is 1. The van der Waals surface area contributed by atoms with Gasteiger partial charge in [0.05, 0.1) is 24.6 Å². The molecule has 0 bridgehead atoms. The van der Waals surface area contributed by atoms with Crippen LogP contribution in [0.4, 0.5) is 14.5 Å². The maximum atomic E-state index is 15.0. The normalized spacial score (nSPS) is 11.6. The lowest BCUT2D eigenvalue weighted by Crippen LogP contribution is -2.17. The van der Waals surface area contributed by atoms with Crippen molar-refractivity contribution < 1.29 is 26.7 Å². The summed E-state index contributed by atoms with van der Waals surface area (Å²) in [7, 11) is -2.93. The Morgan fingerprint density at radius 3 is 2.73 bits per heavy atom. The van der Waals surface area contributed by atoms with Crippen LogP contribution in [0.5, 0.6) is 5.75 Å². The zero-order chi connectivity index (χ0) is 21.5. The Labute approximate surface area is 167 Å². The number of nitrogens with zero attached hydrogens (tertiary/aromatic N) is 3. The molecule has 4 aromatic rings. The summed E-state index contributed by atoms with van der Waals surface area (Å²) in [6, 6.07) is 3.12. The molecule has 0 saturated heterocycles. The Hall–Kier alpha value is -3.87. The summed E-state index contributed by atoms with van der Waals surface area (Å²) in [6.07, 6.45) is 3.61. The number of carbonyl (C=O) groups excluding carboxylic acids is 1. The van der Waals surface area contributed by atoms with Crippen LogP contribution in [0.3, 0.4) is 0 Å². The minimum absolute atomic E-state index is 0.0653. The van der Waals surface area contributed by atoms with Gasteiger partial charge in [-0.15, -0.1) is 0 Å². The molecule has 10 nitrogen and oxygen atoms in total. The number of ether oxygens (including phenoxy) is 1. The second-order valence-corrected chi connectivity index (χ2v) is 7.58. The molecule has 0 aliphatic heterocycles. The molecule has 0 atom stereocenters. The van der Waals surface area contributed by atoms with Crippen LogP contribution in [-0.2, 0) is 10.0 Å². The van der Waals surface area contributed by atoms with Gasteiger partial charge in [0.15, 0.2) is 5.82 Å². The highest BCUT2D eigenvalue weighted by atomic mass is 32.2. The van der Waals surface area contributed by atoms with Gasteiger partial charge in [0.2, 0.25) is 5.78 Å². The third-order valence-electron chi connectivity index (χ3n) is 4.20. The highest BCUT2D eigenvalue weighted by Crippen LogP contribution is 2.29. The molecule has 0 unspecified atom stereocenters. The molecule has 0 radical (unpaired) electrons. The van der Waals surface area contributed by atoms with Crippen molar-refractivity contribution >= 4 is 32.5 Å². The molecule has 0 aliphatic carbocycles. The molecule has 0 saturated carbocycles. The third kappa shape index (κ3) is 3.24. The summed E-state index contributed by atoms with van der Waals surface area (Å²) in [5.74, 6) is -3.21. The van der Waals surface area contributed by atoms with Crippen molar-refractivity contribution in [1.29, 1.82) is 0 Å². The SMILES string of the molecule is COc1cnc2[nH]cc(C(=O)c3c(F)ccc(NS(=O)(=O)c4ncn[nH]4)c3F)c2c1. The van der Waals surface area contributed by atoms with E-state index in [0.717, 1.165) is 18.5 Å². The van der Waals surface area contributed by atoms with Gasteiger partial charge in [-0.25, -0.2) is 23.8 Å². The van der Waals surface area contributed by atoms with Crippen LogP contribution in [0.1, 0.15) is 15.9 Å². The second-order valence-electron chi connectivity index (χ2n) is 5.98. The summed E-state index contributed by atoms with van der Waals surface area (Å²) in [5.41, 5.74) is -1.32. The molecule has 3 heterocycles. The van der Waals surface area contributed by atoms with Crippen LogP contribution < -0.4 is 9.46 Å². The van der Waals surface area contributed by atoms with Gasteiger partial charge >= 0.3 is 0 Å². The summed E-state index contributed by atoms with van der Waals surface area (Å²) >= 11 is 0. The first kappa shape index (κ1) is 19.4. The van der Waals surface area contributed by atoms with Crippen molar-refractivity contribution in [2.75, 3.05) is 11.8 Å². The van der Waals surface area contributed by atoms with Crippen LogP contribution in [-0.4, -0.2) is 46.5 Å². The zero-order valence-corrected chi connectivity index (χ0v) is 15.9. The fourth-order valence-electron chi connectivity index (χ4n) is 2.77. The van der Waals surface area contributed by atoms with Gasteiger partial charge in [-0.3, -0.25) is 9.52 Å². The number of carbonyl (C=O) groups is 1. The summed E-state index contributed by atoms with van der Waals surface area (Å²) in [6.45, 7) is 0. The second kappa shape index (κ2) is 7.18. The van der Waals surface area contributed by atoms with Crippen LogP contribution in [0, 0.1) is 11.6 Å². The average Bonchev–Trinajstić information content (AvgIpc) is 3.40. The Morgan fingerprint density at radius 2 is 2.03 bits per heavy atom. The van der Waals surface area contributed by atoms with E-state index < -0.39 is 43.8 Å². The molecule has 0 aliphatic rings. The van der Waals surface area contributed by atoms with Crippen molar-refractivity contribution in [2.24, 2.45) is 0 Å². The molecular weight excluding hydrogens is 422 g/mol. The first-order chi connectivity index (χ1) is 14.3. The van der Waals surface area contributed by atoms with Crippen molar-refractivity contribution in [3.05, 3.63) is 59.7 Å². The van der Waals surface area contributed by atoms with Gasteiger partial charge in [-0.05, 0) is 18.2 Å². The number of rotatable bonds is 6. The van der Waals surface area contributed by atoms with Gasteiger partial charge in [0.1, 0.15) is 23.5 Å². The Morgan fingerprint density at radius 1 is 1.23 bits per heavy atom. The molecule has 4 rings (SSSR count). The van der Waals surface area contributed by atoms with E-state index in [0.29, 0.717) is 11.4 Å². The van der Waals surface area contributed by atoms with E-state index in [2.05, 4.69) is 25.1 Å². The molecule has 154 valence electrons. The fraction of sp³-hybridized carbons (Fsp3) is 0.0588. The summed E-state index contributed by atoms with van der Waals surface area (Å²) < 4.78 is 60.9. The molecule has 3 N–H and O–H groups in total. The number of halogens is 2. The largest absolute Gasteiger partial charge is 0.495 e. The number of pyridine rings is 1. The zero-order valence-electron chi connectivity index (χ0n) is 15.1. The number of fused-ring (bicyclic) bond motifs is 1. The van der Waals surface area contributed by atoms with Gasteiger partial charge in [-0.1, -0.05) is 0 Å². The maximum Gasteiger partial charge on any atom is 0.297 e. The van der Waals surface area contributed by atoms with Gasteiger partial charge in [0.25, 0.3) is 15.2 Å². The molecule has 0 spiro atoms. The van der Waals surface area contributed by atoms with Crippen LogP contribution in [0.2, 0.25) is 0 Å². The molecular formula is C17H12F2N6O4S. The van der Waals surface area contributed by atoms with Crippen molar-refractivity contribution in [3.8, 4) is 5.75 Å². The lowest BCUT2D eigenvalue weighted by molar-refractivity contribution is 0.103. The number of sulfonamides is 1. The number of aromatic amines is 2. The monoisotopic (exact) mass is 434 g/mol. The van der Waals surface area contributed by atoms with Crippen molar-refractivity contribution in [2.45, 2.75) is 5.16 Å². The first-order valence-corrected chi connectivity index (χ1v) is 9.72. The quantitative estimate of drug-likeness (QED) is 0.394. The van der Waals surface area contributed by atoms with E-state index in [4.69, 9.17) is 4.74 Å². The Bertz CT molecular complexity index is 1370. The number of H-pyrrole nitrogens is 2. The van der Waals surface area contributed by atoms with Crippen molar-refractivity contribution in [1.82, 2.24) is 25.1 Å². The first-order valence-electron chi connectivity index (χ1n) is 8.24.